The lowest BCUT2D eigenvalue weighted by molar-refractivity contribution is -0.140. The SMILES string of the molecule is CCOC(C)=O.Cc1cccc(O)c1-c1cc(CN)c(F)c(C(F)F)c1. The maximum Gasteiger partial charge on any atom is 0.302 e. The zero-order valence-electron chi connectivity index (χ0n) is 14.9. The van der Waals surface area contributed by atoms with Crippen molar-refractivity contribution in [2.75, 3.05) is 6.61 Å². The molecule has 7 heteroatoms. The van der Waals surface area contributed by atoms with E-state index in [1.54, 1.807) is 26.0 Å². The predicted octanol–water partition coefficient (Wildman–Crippen LogP) is 4.47. The summed E-state index contributed by atoms with van der Waals surface area (Å²) in [7, 11) is 0. The third kappa shape index (κ3) is 5.49. The average molecular weight is 369 g/mol. The maximum absolute atomic E-state index is 13.8. The van der Waals surface area contributed by atoms with Gasteiger partial charge in [-0.1, -0.05) is 12.1 Å². The van der Waals surface area contributed by atoms with Gasteiger partial charge in [-0.25, -0.2) is 13.2 Å². The van der Waals surface area contributed by atoms with E-state index in [0.717, 1.165) is 6.07 Å². The van der Waals surface area contributed by atoms with E-state index in [0.29, 0.717) is 23.3 Å². The molecule has 0 aliphatic carbocycles. The number of carbonyl (C=O) groups is 1. The molecule has 0 aliphatic heterocycles. The third-order valence-electron chi connectivity index (χ3n) is 3.52. The van der Waals surface area contributed by atoms with E-state index in [-0.39, 0.29) is 23.8 Å². The first kappa shape index (κ1) is 21.5. The van der Waals surface area contributed by atoms with Gasteiger partial charge in [0.1, 0.15) is 11.6 Å². The van der Waals surface area contributed by atoms with Gasteiger partial charge in [-0.05, 0) is 43.2 Å². The minimum atomic E-state index is -2.94. The van der Waals surface area contributed by atoms with Crippen LogP contribution in [0.15, 0.2) is 30.3 Å². The van der Waals surface area contributed by atoms with Crippen molar-refractivity contribution in [1.82, 2.24) is 0 Å². The van der Waals surface area contributed by atoms with Gasteiger partial charge in [-0.15, -0.1) is 0 Å². The first-order valence-electron chi connectivity index (χ1n) is 7.95. The molecule has 0 saturated carbocycles. The van der Waals surface area contributed by atoms with Crippen molar-refractivity contribution in [2.24, 2.45) is 5.73 Å². The number of carbonyl (C=O) groups excluding carboxylic acids is 1. The summed E-state index contributed by atoms with van der Waals surface area (Å²) in [5.41, 5.74) is 6.14. The number of aromatic hydroxyl groups is 1. The zero-order valence-corrected chi connectivity index (χ0v) is 14.9. The van der Waals surface area contributed by atoms with E-state index in [2.05, 4.69) is 4.74 Å². The lowest BCUT2D eigenvalue weighted by Gasteiger charge is -2.13. The number of alkyl halides is 2. The molecule has 142 valence electrons. The lowest BCUT2D eigenvalue weighted by atomic mass is 9.95. The van der Waals surface area contributed by atoms with Crippen LogP contribution in [0.2, 0.25) is 0 Å². The third-order valence-corrected chi connectivity index (χ3v) is 3.52. The van der Waals surface area contributed by atoms with Crippen LogP contribution in [-0.2, 0) is 16.1 Å². The Balaban J connectivity index is 0.000000487. The minimum absolute atomic E-state index is 0.000420. The Bertz CT molecular complexity index is 744. The number of nitrogens with two attached hydrogens (primary N) is 1. The first-order valence-corrected chi connectivity index (χ1v) is 7.95. The monoisotopic (exact) mass is 369 g/mol. The summed E-state index contributed by atoms with van der Waals surface area (Å²) >= 11 is 0. The van der Waals surface area contributed by atoms with Crippen LogP contribution in [-0.4, -0.2) is 17.7 Å². The second-order valence-corrected chi connectivity index (χ2v) is 5.44. The van der Waals surface area contributed by atoms with Crippen LogP contribution in [0.1, 0.15) is 37.0 Å². The highest BCUT2D eigenvalue weighted by Crippen LogP contribution is 2.36. The fraction of sp³-hybridized carbons (Fsp3) is 0.316. The van der Waals surface area contributed by atoms with Crippen molar-refractivity contribution >= 4 is 5.97 Å². The van der Waals surface area contributed by atoms with Gasteiger partial charge in [0.25, 0.3) is 6.43 Å². The fourth-order valence-electron chi connectivity index (χ4n) is 2.39. The molecule has 0 unspecified atom stereocenters. The second-order valence-electron chi connectivity index (χ2n) is 5.44. The Labute approximate surface area is 150 Å². The maximum atomic E-state index is 13.8. The average Bonchev–Trinajstić information content (AvgIpc) is 2.56. The molecule has 4 nitrogen and oxygen atoms in total. The highest BCUT2D eigenvalue weighted by molar-refractivity contribution is 5.74. The molecule has 0 bridgehead atoms. The van der Waals surface area contributed by atoms with Gasteiger partial charge in [0.15, 0.2) is 0 Å². The molecule has 0 saturated heterocycles. The van der Waals surface area contributed by atoms with E-state index in [4.69, 9.17) is 5.73 Å². The van der Waals surface area contributed by atoms with Crippen LogP contribution in [0.4, 0.5) is 13.2 Å². The van der Waals surface area contributed by atoms with E-state index in [1.807, 2.05) is 0 Å². The number of halogens is 3. The smallest absolute Gasteiger partial charge is 0.302 e. The van der Waals surface area contributed by atoms with Crippen LogP contribution in [0, 0.1) is 12.7 Å². The quantitative estimate of drug-likeness (QED) is 0.780. The molecule has 2 rings (SSSR count). The summed E-state index contributed by atoms with van der Waals surface area (Å²) in [6.45, 7) is 5.20. The predicted molar refractivity (Wildman–Crippen MR) is 93.4 cm³/mol. The molecule has 3 N–H and O–H groups in total. The van der Waals surface area contributed by atoms with E-state index in [1.165, 1.54) is 19.1 Å². The molecule has 0 spiro atoms. The summed E-state index contributed by atoms with van der Waals surface area (Å²) in [6.07, 6.45) is -2.94. The number of hydrogen-bond acceptors (Lipinski definition) is 4. The Morgan fingerprint density at radius 3 is 2.38 bits per heavy atom. The highest BCUT2D eigenvalue weighted by Gasteiger charge is 2.19. The van der Waals surface area contributed by atoms with Crippen molar-refractivity contribution in [3.05, 3.63) is 52.8 Å². The molecule has 0 heterocycles. The lowest BCUT2D eigenvalue weighted by Crippen LogP contribution is -2.04. The highest BCUT2D eigenvalue weighted by atomic mass is 19.3. The number of esters is 1. The Morgan fingerprint density at radius 1 is 1.31 bits per heavy atom. The number of phenols is 1. The Morgan fingerprint density at radius 2 is 1.96 bits per heavy atom. The van der Waals surface area contributed by atoms with Gasteiger partial charge in [-0.2, -0.15) is 0 Å². The molecule has 26 heavy (non-hydrogen) atoms. The molecule has 2 aromatic carbocycles. The largest absolute Gasteiger partial charge is 0.507 e. The van der Waals surface area contributed by atoms with Gasteiger partial charge in [0.05, 0.1) is 12.2 Å². The topological polar surface area (TPSA) is 72.5 Å². The van der Waals surface area contributed by atoms with E-state index in [9.17, 15) is 23.1 Å². The van der Waals surface area contributed by atoms with Crippen molar-refractivity contribution in [2.45, 2.75) is 33.7 Å². The Hall–Kier alpha value is -2.54. The molecular weight excluding hydrogens is 347 g/mol. The summed E-state index contributed by atoms with van der Waals surface area (Å²) in [5, 5.41) is 9.89. The van der Waals surface area contributed by atoms with Gasteiger partial charge >= 0.3 is 5.97 Å². The van der Waals surface area contributed by atoms with Crippen molar-refractivity contribution < 1.29 is 27.8 Å². The summed E-state index contributed by atoms with van der Waals surface area (Å²) in [5.74, 6) is -1.24. The second kappa shape index (κ2) is 9.82. The van der Waals surface area contributed by atoms with Crippen molar-refractivity contribution in [3.8, 4) is 16.9 Å². The van der Waals surface area contributed by atoms with Gasteiger partial charge < -0.3 is 15.6 Å². The number of hydrogen-bond donors (Lipinski definition) is 2. The van der Waals surface area contributed by atoms with E-state index >= 15 is 0 Å². The number of ether oxygens (including phenoxy) is 1. The van der Waals surface area contributed by atoms with Crippen molar-refractivity contribution in [1.29, 1.82) is 0 Å². The van der Waals surface area contributed by atoms with Crippen LogP contribution >= 0.6 is 0 Å². The normalized spacial score (nSPS) is 10.3. The molecule has 0 amide bonds. The number of phenolic OH excluding ortho intramolecular Hbond substituents is 1. The number of rotatable bonds is 4. The molecule has 0 aliphatic rings. The Kier molecular flexibility index (Phi) is 8.12. The molecule has 0 atom stereocenters. The molecule has 0 radical (unpaired) electrons. The molecule has 2 aromatic rings. The number of aryl methyl sites for hydroxylation is 1. The van der Waals surface area contributed by atoms with Crippen LogP contribution < -0.4 is 5.73 Å². The number of benzene rings is 2. The first-order chi connectivity index (χ1) is 12.2. The van der Waals surface area contributed by atoms with Crippen LogP contribution in [0.5, 0.6) is 5.75 Å². The molecular formula is C19H22F3NO3. The zero-order chi connectivity index (χ0) is 19.9. The molecule has 0 aromatic heterocycles. The van der Waals surface area contributed by atoms with Crippen LogP contribution in [0.3, 0.4) is 0 Å². The van der Waals surface area contributed by atoms with Gasteiger partial charge in [0.2, 0.25) is 0 Å². The summed E-state index contributed by atoms with van der Waals surface area (Å²) in [4.78, 5) is 9.82. The summed E-state index contributed by atoms with van der Waals surface area (Å²) in [6, 6.07) is 7.29. The molecule has 0 fully saturated rings. The minimum Gasteiger partial charge on any atom is -0.507 e. The van der Waals surface area contributed by atoms with Gasteiger partial charge in [0, 0.05) is 24.6 Å². The van der Waals surface area contributed by atoms with Crippen molar-refractivity contribution in [3.63, 3.8) is 0 Å². The standard InChI is InChI=1S/C15H14F3NO.C4H8O2/c1-8-3-2-4-12(20)13(8)9-5-10(7-19)14(16)11(6-9)15(17)18;1-3-6-4(2)5/h2-6,15,20H,7,19H2,1H3;3H2,1-2H3. The van der Waals surface area contributed by atoms with Gasteiger partial charge in [-0.3, -0.25) is 4.79 Å². The fourth-order valence-corrected chi connectivity index (χ4v) is 2.39. The summed E-state index contributed by atoms with van der Waals surface area (Å²) < 4.78 is 44.0. The van der Waals surface area contributed by atoms with Crippen LogP contribution in [0.25, 0.3) is 11.1 Å². The van der Waals surface area contributed by atoms with E-state index < -0.39 is 17.8 Å².